The molecule has 0 fully saturated rings. The van der Waals surface area contributed by atoms with E-state index in [2.05, 4.69) is 15.2 Å². The molecule has 1 rings (SSSR count). The van der Waals surface area contributed by atoms with E-state index in [1.165, 1.54) is 7.11 Å². The molecule has 1 atom stereocenters. The smallest absolute Gasteiger partial charge is 0.334 e. The lowest BCUT2D eigenvalue weighted by Gasteiger charge is -2.13. The van der Waals surface area contributed by atoms with E-state index in [-0.39, 0.29) is 24.6 Å². The molecule has 0 aliphatic rings. The summed E-state index contributed by atoms with van der Waals surface area (Å²) in [6.07, 6.45) is -3.05. The van der Waals surface area contributed by atoms with Gasteiger partial charge in [-0.1, -0.05) is 13.8 Å². The Morgan fingerprint density at radius 1 is 1.45 bits per heavy atom. The Kier molecular flexibility index (Phi) is 6.41. The van der Waals surface area contributed by atoms with Crippen molar-refractivity contribution in [3.05, 3.63) is 17.5 Å². The summed E-state index contributed by atoms with van der Waals surface area (Å²) in [5.74, 6) is -1.99. The van der Waals surface area contributed by atoms with Gasteiger partial charge in [0.25, 0.3) is 12.3 Å². The molecule has 0 aromatic carbocycles. The molecule has 9 heteroatoms. The molecule has 7 nitrogen and oxygen atoms in total. The van der Waals surface area contributed by atoms with Gasteiger partial charge in [0.1, 0.15) is 5.69 Å². The topological polar surface area (TPSA) is 93.5 Å². The Labute approximate surface area is 126 Å². The van der Waals surface area contributed by atoms with Crippen LogP contribution in [0.3, 0.4) is 0 Å². The van der Waals surface area contributed by atoms with Gasteiger partial charge in [0.2, 0.25) is 0 Å². The van der Waals surface area contributed by atoms with Gasteiger partial charge in [-0.2, -0.15) is 5.10 Å². The van der Waals surface area contributed by atoms with Crippen LogP contribution >= 0.6 is 0 Å². The lowest BCUT2D eigenvalue weighted by Crippen LogP contribution is -2.38. The van der Waals surface area contributed by atoms with Crippen molar-refractivity contribution in [3.8, 4) is 0 Å². The van der Waals surface area contributed by atoms with E-state index < -0.39 is 30.1 Å². The zero-order chi connectivity index (χ0) is 16.9. The molecule has 2 N–H and O–H groups in total. The highest BCUT2D eigenvalue weighted by molar-refractivity contribution is 5.95. The maximum atomic E-state index is 13.2. The van der Waals surface area contributed by atoms with Gasteiger partial charge in [-0.15, -0.1) is 0 Å². The van der Waals surface area contributed by atoms with Gasteiger partial charge in [0, 0.05) is 13.7 Å². The first-order valence-electron chi connectivity index (χ1n) is 6.65. The Bertz CT molecular complexity index is 531. The van der Waals surface area contributed by atoms with Crippen LogP contribution in [0.2, 0.25) is 0 Å². The van der Waals surface area contributed by atoms with Crippen LogP contribution in [0.4, 0.5) is 8.78 Å². The number of alkyl halides is 2. The standard InChI is InChI=1S/C13H19F2N3O4/c1-7(2)6-18-10(11(14)15)8(4-17-18)12(19)16-5-9(22-3)13(20)21/h4,7,9,11H,5-6H2,1-3H3,(H,16,19)(H,20,21). The van der Waals surface area contributed by atoms with E-state index in [0.717, 1.165) is 10.9 Å². The van der Waals surface area contributed by atoms with Crippen molar-refractivity contribution in [2.75, 3.05) is 13.7 Å². The van der Waals surface area contributed by atoms with Crippen molar-refractivity contribution in [1.82, 2.24) is 15.1 Å². The molecule has 1 aromatic rings. The number of rotatable bonds is 8. The lowest BCUT2D eigenvalue weighted by atomic mass is 10.2. The lowest BCUT2D eigenvalue weighted by molar-refractivity contribution is -0.148. The van der Waals surface area contributed by atoms with E-state index in [1.807, 2.05) is 13.8 Å². The van der Waals surface area contributed by atoms with Crippen LogP contribution in [0, 0.1) is 5.92 Å². The number of aliphatic carboxylic acids is 1. The first-order chi connectivity index (χ1) is 10.3. The molecule has 0 saturated carbocycles. The maximum Gasteiger partial charge on any atom is 0.334 e. The third kappa shape index (κ3) is 4.48. The summed E-state index contributed by atoms with van der Waals surface area (Å²) in [6, 6.07) is 0. The van der Waals surface area contributed by atoms with Crippen molar-refractivity contribution in [3.63, 3.8) is 0 Å². The van der Waals surface area contributed by atoms with Gasteiger partial charge in [-0.3, -0.25) is 9.48 Å². The van der Waals surface area contributed by atoms with E-state index in [0.29, 0.717) is 0 Å². The second kappa shape index (κ2) is 7.83. The molecule has 1 heterocycles. The van der Waals surface area contributed by atoms with Crippen LogP contribution < -0.4 is 5.32 Å². The predicted molar refractivity (Wildman–Crippen MR) is 72.8 cm³/mol. The number of hydrogen-bond acceptors (Lipinski definition) is 4. The molecular weight excluding hydrogens is 300 g/mol. The highest BCUT2D eigenvalue weighted by Crippen LogP contribution is 2.23. The van der Waals surface area contributed by atoms with Crippen molar-refractivity contribution < 1.29 is 28.2 Å². The van der Waals surface area contributed by atoms with Gasteiger partial charge < -0.3 is 15.2 Å². The van der Waals surface area contributed by atoms with Crippen LogP contribution in [-0.4, -0.2) is 46.5 Å². The monoisotopic (exact) mass is 319 g/mol. The first kappa shape index (κ1) is 18.0. The third-order valence-corrected chi connectivity index (χ3v) is 2.88. The van der Waals surface area contributed by atoms with Gasteiger partial charge in [-0.05, 0) is 5.92 Å². The fourth-order valence-corrected chi connectivity index (χ4v) is 1.84. The van der Waals surface area contributed by atoms with Crippen molar-refractivity contribution in [1.29, 1.82) is 0 Å². The molecule has 124 valence electrons. The molecule has 0 radical (unpaired) electrons. The second-order valence-corrected chi connectivity index (χ2v) is 5.09. The number of nitrogens with one attached hydrogen (secondary N) is 1. The van der Waals surface area contributed by atoms with Crippen LogP contribution in [0.15, 0.2) is 6.20 Å². The quantitative estimate of drug-likeness (QED) is 0.753. The number of carboxylic acids is 1. The number of amides is 1. The van der Waals surface area contributed by atoms with Gasteiger partial charge >= 0.3 is 5.97 Å². The van der Waals surface area contributed by atoms with E-state index in [4.69, 9.17) is 5.11 Å². The fraction of sp³-hybridized carbons (Fsp3) is 0.615. The molecule has 0 saturated heterocycles. The van der Waals surface area contributed by atoms with Crippen LogP contribution in [-0.2, 0) is 16.1 Å². The molecular formula is C13H19F2N3O4. The fourth-order valence-electron chi connectivity index (χ4n) is 1.84. The Morgan fingerprint density at radius 2 is 2.09 bits per heavy atom. The number of carbonyl (C=O) groups excluding carboxylic acids is 1. The minimum Gasteiger partial charge on any atom is -0.479 e. The van der Waals surface area contributed by atoms with E-state index in [9.17, 15) is 18.4 Å². The number of carboxylic acid groups (broad SMARTS) is 1. The maximum absolute atomic E-state index is 13.2. The molecule has 0 spiro atoms. The number of carbonyl (C=O) groups is 2. The van der Waals surface area contributed by atoms with Crippen LogP contribution in [0.5, 0.6) is 0 Å². The van der Waals surface area contributed by atoms with E-state index in [1.54, 1.807) is 0 Å². The molecule has 0 aliphatic heterocycles. The second-order valence-electron chi connectivity index (χ2n) is 5.09. The van der Waals surface area contributed by atoms with Crippen LogP contribution in [0.25, 0.3) is 0 Å². The average molecular weight is 319 g/mol. The minimum atomic E-state index is -2.86. The van der Waals surface area contributed by atoms with Crippen molar-refractivity contribution in [2.24, 2.45) is 5.92 Å². The Balaban J connectivity index is 2.89. The Morgan fingerprint density at radius 3 is 2.55 bits per heavy atom. The third-order valence-electron chi connectivity index (χ3n) is 2.88. The number of ether oxygens (including phenoxy) is 1. The highest BCUT2D eigenvalue weighted by atomic mass is 19.3. The first-order valence-corrected chi connectivity index (χ1v) is 6.65. The summed E-state index contributed by atoms with van der Waals surface area (Å²) in [5, 5.41) is 14.9. The molecule has 0 bridgehead atoms. The molecule has 1 amide bonds. The summed E-state index contributed by atoms with van der Waals surface area (Å²) >= 11 is 0. The highest BCUT2D eigenvalue weighted by Gasteiger charge is 2.26. The van der Waals surface area contributed by atoms with Gasteiger partial charge in [0.15, 0.2) is 6.10 Å². The number of methoxy groups -OCH3 is 1. The molecule has 0 aliphatic carbocycles. The summed E-state index contributed by atoms with van der Waals surface area (Å²) < 4.78 is 32.1. The minimum absolute atomic E-state index is 0.0817. The summed E-state index contributed by atoms with van der Waals surface area (Å²) in [4.78, 5) is 22.7. The SMILES string of the molecule is COC(CNC(=O)c1cnn(CC(C)C)c1C(F)F)C(=O)O. The van der Waals surface area contributed by atoms with Crippen LogP contribution in [0.1, 0.15) is 36.3 Å². The van der Waals surface area contributed by atoms with Gasteiger partial charge in [0.05, 0.1) is 18.3 Å². The van der Waals surface area contributed by atoms with Crippen molar-refractivity contribution >= 4 is 11.9 Å². The number of hydrogen-bond donors (Lipinski definition) is 2. The molecule has 1 unspecified atom stereocenters. The summed E-state index contributed by atoms with van der Waals surface area (Å²) in [6.45, 7) is 3.60. The Hall–Kier alpha value is -2.03. The number of aromatic nitrogens is 2. The normalized spacial score (nSPS) is 12.7. The largest absolute Gasteiger partial charge is 0.479 e. The average Bonchev–Trinajstić information content (AvgIpc) is 2.81. The number of halogens is 2. The zero-order valence-corrected chi connectivity index (χ0v) is 12.5. The zero-order valence-electron chi connectivity index (χ0n) is 12.5. The van der Waals surface area contributed by atoms with Gasteiger partial charge in [-0.25, -0.2) is 13.6 Å². The molecule has 22 heavy (non-hydrogen) atoms. The van der Waals surface area contributed by atoms with E-state index >= 15 is 0 Å². The number of nitrogens with zero attached hydrogens (tertiary/aromatic N) is 2. The van der Waals surface area contributed by atoms with Crippen molar-refractivity contribution in [2.45, 2.75) is 32.9 Å². The molecule has 1 aromatic heterocycles. The predicted octanol–water partition coefficient (Wildman–Crippen LogP) is 1.31. The summed E-state index contributed by atoms with van der Waals surface area (Å²) in [5.41, 5.74) is -0.744. The summed E-state index contributed by atoms with van der Waals surface area (Å²) in [7, 11) is 1.18.